The van der Waals surface area contributed by atoms with Gasteiger partial charge in [0.1, 0.15) is 18.1 Å². The van der Waals surface area contributed by atoms with Crippen LogP contribution in [0.25, 0.3) is 0 Å². The topological polar surface area (TPSA) is 258 Å². The number of nitrogens with two attached hydrogens (primary N) is 4. The van der Waals surface area contributed by atoms with Crippen molar-refractivity contribution < 1.29 is 29.1 Å². The summed E-state index contributed by atoms with van der Waals surface area (Å²) in [7, 11) is 0. The zero-order valence-corrected chi connectivity index (χ0v) is 21.5. The molecule has 0 fully saturated rings. The number of nitrogens with zero attached hydrogens (tertiary/aromatic N) is 1. The van der Waals surface area contributed by atoms with Crippen LogP contribution in [0.15, 0.2) is 4.99 Å². The van der Waals surface area contributed by atoms with Gasteiger partial charge >= 0.3 is 5.97 Å². The second-order valence-corrected chi connectivity index (χ2v) is 9.37. The molecule has 4 atom stereocenters. The Balaban J connectivity index is 5.68. The third-order valence-corrected chi connectivity index (χ3v) is 5.23. The summed E-state index contributed by atoms with van der Waals surface area (Å²) in [6.45, 7) is 7.29. The van der Waals surface area contributed by atoms with Crippen LogP contribution >= 0.6 is 0 Å². The lowest BCUT2D eigenvalue weighted by atomic mass is 10.0. The third kappa shape index (κ3) is 13.5. The van der Waals surface area contributed by atoms with E-state index in [1.165, 1.54) is 0 Å². The highest BCUT2D eigenvalue weighted by Gasteiger charge is 2.31. The van der Waals surface area contributed by atoms with Crippen molar-refractivity contribution in [2.75, 3.05) is 6.54 Å². The lowest BCUT2D eigenvalue weighted by molar-refractivity contribution is -0.143. The average molecular weight is 515 g/mol. The van der Waals surface area contributed by atoms with E-state index in [0.717, 1.165) is 0 Å². The molecule has 0 saturated carbocycles. The number of carboxylic acids is 1. The van der Waals surface area contributed by atoms with Crippen molar-refractivity contribution in [2.45, 2.75) is 84.0 Å². The largest absolute Gasteiger partial charge is 0.480 e. The van der Waals surface area contributed by atoms with Gasteiger partial charge in [0.05, 0.1) is 6.04 Å². The number of hydrogen-bond donors (Lipinski definition) is 8. The van der Waals surface area contributed by atoms with Crippen LogP contribution in [-0.2, 0) is 24.0 Å². The van der Waals surface area contributed by atoms with Crippen LogP contribution in [0, 0.1) is 11.8 Å². The van der Waals surface area contributed by atoms with Crippen molar-refractivity contribution >= 4 is 35.6 Å². The smallest absolute Gasteiger partial charge is 0.326 e. The van der Waals surface area contributed by atoms with Gasteiger partial charge in [0.2, 0.25) is 23.6 Å². The highest BCUT2D eigenvalue weighted by molar-refractivity contribution is 5.94. The summed E-state index contributed by atoms with van der Waals surface area (Å²) >= 11 is 0. The first-order valence-electron chi connectivity index (χ1n) is 11.9. The number of hydrogen-bond acceptors (Lipinski definition) is 7. The predicted molar refractivity (Wildman–Crippen MR) is 134 cm³/mol. The van der Waals surface area contributed by atoms with Crippen molar-refractivity contribution in [2.24, 2.45) is 39.8 Å². The Bertz CT molecular complexity index is 797. The molecule has 12 N–H and O–H groups in total. The minimum absolute atomic E-state index is 0.0277. The van der Waals surface area contributed by atoms with Crippen LogP contribution in [-0.4, -0.2) is 71.4 Å². The second kappa shape index (κ2) is 16.3. The Morgan fingerprint density at radius 3 is 1.75 bits per heavy atom. The van der Waals surface area contributed by atoms with Gasteiger partial charge in [-0.15, -0.1) is 0 Å². The number of nitrogens with one attached hydrogen (secondary N) is 3. The molecule has 0 radical (unpaired) electrons. The van der Waals surface area contributed by atoms with Gasteiger partial charge in [0.15, 0.2) is 5.96 Å². The number of guanidine groups is 1. The highest BCUT2D eigenvalue weighted by Crippen LogP contribution is 2.08. The summed E-state index contributed by atoms with van der Waals surface area (Å²) in [6.07, 6.45) is 0.199. The molecule has 0 heterocycles. The number of amides is 4. The van der Waals surface area contributed by atoms with Gasteiger partial charge in [-0.1, -0.05) is 27.7 Å². The molecular formula is C22H42N8O6. The molecule has 0 saturated heterocycles. The van der Waals surface area contributed by atoms with Gasteiger partial charge < -0.3 is 44.0 Å². The molecule has 36 heavy (non-hydrogen) atoms. The van der Waals surface area contributed by atoms with Crippen LogP contribution in [0.3, 0.4) is 0 Å². The maximum atomic E-state index is 13.1. The Hall–Kier alpha value is -3.42. The van der Waals surface area contributed by atoms with Crippen LogP contribution in [0.4, 0.5) is 0 Å². The van der Waals surface area contributed by atoms with Gasteiger partial charge in [-0.2, -0.15) is 0 Å². The number of primary amides is 1. The molecule has 0 aliphatic heterocycles. The second-order valence-electron chi connectivity index (χ2n) is 9.37. The summed E-state index contributed by atoms with van der Waals surface area (Å²) in [5.41, 5.74) is 21.7. The van der Waals surface area contributed by atoms with Gasteiger partial charge in [-0.25, -0.2) is 4.79 Å². The van der Waals surface area contributed by atoms with E-state index in [1.807, 2.05) is 0 Å². The highest BCUT2D eigenvalue weighted by atomic mass is 16.4. The van der Waals surface area contributed by atoms with E-state index in [9.17, 15) is 29.1 Å². The summed E-state index contributed by atoms with van der Waals surface area (Å²) in [4.78, 5) is 65.2. The van der Waals surface area contributed by atoms with E-state index in [-0.39, 0.29) is 50.0 Å². The molecule has 4 amide bonds. The molecule has 0 spiro atoms. The molecule has 0 aliphatic carbocycles. The number of carbonyl (C=O) groups is 5. The lowest BCUT2D eigenvalue weighted by Gasteiger charge is -2.26. The lowest BCUT2D eigenvalue weighted by Crippen LogP contribution is -2.57. The van der Waals surface area contributed by atoms with Gasteiger partial charge in [-0.3, -0.25) is 24.2 Å². The standard InChI is InChI=1S/C22H42N8O6/c1-11(2)10-15(21(35)36)30-19(33)14(7-8-16(23)31)28-18(32)13(6-5-9-27-22(25)26)29-20(34)17(24)12(3)4/h11-15,17H,5-10,24H2,1-4H3,(H2,23,31)(H,28,32)(H,29,34)(H,30,33)(H,35,36)(H4,25,26,27). The first-order valence-corrected chi connectivity index (χ1v) is 11.9. The molecular weight excluding hydrogens is 472 g/mol. The van der Waals surface area contributed by atoms with Crippen molar-refractivity contribution in [3.63, 3.8) is 0 Å². The zero-order valence-electron chi connectivity index (χ0n) is 21.5. The number of carbonyl (C=O) groups excluding carboxylic acids is 4. The third-order valence-electron chi connectivity index (χ3n) is 5.23. The summed E-state index contributed by atoms with van der Waals surface area (Å²) in [5.74, 6) is -4.36. The molecule has 0 rings (SSSR count). The monoisotopic (exact) mass is 514 g/mol. The number of carboxylic acid groups (broad SMARTS) is 1. The van der Waals surface area contributed by atoms with Crippen LogP contribution in [0.2, 0.25) is 0 Å². The minimum atomic E-state index is -1.27. The maximum Gasteiger partial charge on any atom is 0.326 e. The Morgan fingerprint density at radius 1 is 0.806 bits per heavy atom. The molecule has 206 valence electrons. The van der Waals surface area contributed by atoms with Gasteiger partial charge in [0.25, 0.3) is 0 Å². The number of aliphatic imine (C=N–C) groups is 1. The van der Waals surface area contributed by atoms with Crippen LogP contribution in [0.5, 0.6) is 0 Å². The molecule has 0 aliphatic rings. The fourth-order valence-corrected chi connectivity index (χ4v) is 3.14. The quantitative estimate of drug-likeness (QED) is 0.0598. The molecule has 0 aromatic heterocycles. The normalized spacial score (nSPS) is 14.3. The summed E-state index contributed by atoms with van der Waals surface area (Å²) < 4.78 is 0. The molecule has 4 unspecified atom stereocenters. The zero-order chi connectivity index (χ0) is 28.0. The Morgan fingerprint density at radius 2 is 1.31 bits per heavy atom. The van der Waals surface area contributed by atoms with E-state index in [1.54, 1.807) is 27.7 Å². The molecule has 0 aromatic carbocycles. The molecule has 14 nitrogen and oxygen atoms in total. The first kappa shape index (κ1) is 32.6. The van der Waals surface area contributed by atoms with Crippen LogP contribution in [0.1, 0.15) is 59.8 Å². The minimum Gasteiger partial charge on any atom is -0.480 e. The van der Waals surface area contributed by atoms with Crippen molar-refractivity contribution in [3.05, 3.63) is 0 Å². The van der Waals surface area contributed by atoms with E-state index >= 15 is 0 Å². The predicted octanol–water partition coefficient (Wildman–Crippen LogP) is -2.13. The maximum absolute atomic E-state index is 13.1. The van der Waals surface area contributed by atoms with Crippen molar-refractivity contribution in [1.29, 1.82) is 0 Å². The Labute approximate surface area is 211 Å². The van der Waals surface area contributed by atoms with Crippen molar-refractivity contribution in [3.8, 4) is 0 Å². The fraction of sp³-hybridized carbons (Fsp3) is 0.727. The molecule has 14 heteroatoms. The van der Waals surface area contributed by atoms with Gasteiger partial charge in [0, 0.05) is 13.0 Å². The number of aliphatic carboxylic acids is 1. The van der Waals surface area contributed by atoms with Gasteiger partial charge in [-0.05, 0) is 37.5 Å². The SMILES string of the molecule is CC(C)CC(NC(=O)C(CCC(N)=O)NC(=O)C(CCCN=C(N)N)NC(=O)C(N)C(C)C)C(=O)O. The summed E-state index contributed by atoms with van der Waals surface area (Å²) in [6, 6.07) is -4.43. The molecule has 0 bridgehead atoms. The molecule has 0 aromatic rings. The first-order chi connectivity index (χ1) is 16.6. The fourth-order valence-electron chi connectivity index (χ4n) is 3.14. The van der Waals surface area contributed by atoms with Crippen molar-refractivity contribution in [1.82, 2.24) is 16.0 Å². The van der Waals surface area contributed by atoms with Crippen LogP contribution < -0.4 is 38.9 Å². The number of rotatable bonds is 17. The Kier molecular flexibility index (Phi) is 14.7. The van der Waals surface area contributed by atoms with E-state index in [0.29, 0.717) is 6.42 Å². The van der Waals surface area contributed by atoms with E-state index in [2.05, 4.69) is 20.9 Å². The average Bonchev–Trinajstić information content (AvgIpc) is 2.76. The summed E-state index contributed by atoms with van der Waals surface area (Å²) in [5, 5.41) is 16.9. The van der Waals surface area contributed by atoms with E-state index in [4.69, 9.17) is 22.9 Å². The van der Waals surface area contributed by atoms with E-state index < -0.39 is 53.8 Å².